The Morgan fingerprint density at radius 2 is 2.16 bits per heavy atom. The van der Waals surface area contributed by atoms with E-state index in [1.165, 1.54) is 13.2 Å². The molecule has 0 aromatic carbocycles. The van der Waals surface area contributed by atoms with Crippen molar-refractivity contribution < 1.29 is 27.1 Å². The summed E-state index contributed by atoms with van der Waals surface area (Å²) in [4.78, 5) is 11.2. The van der Waals surface area contributed by atoms with E-state index in [9.17, 15) is 18.0 Å². The molecule has 0 amide bonds. The highest BCUT2D eigenvalue weighted by Gasteiger charge is 2.26. The normalized spacial score (nSPS) is 13.3. The zero-order chi connectivity index (χ0) is 14.5. The van der Waals surface area contributed by atoms with Crippen molar-refractivity contribution in [3.05, 3.63) is 23.7 Å². The molecule has 1 atom stereocenters. The van der Waals surface area contributed by atoms with Crippen LogP contribution in [0.1, 0.15) is 42.1 Å². The van der Waals surface area contributed by atoms with Gasteiger partial charge in [-0.3, -0.25) is 0 Å². The first kappa shape index (κ1) is 15.6. The molecule has 0 aliphatic rings. The maximum Gasteiger partial charge on any atom is 0.389 e. The monoisotopic (exact) mass is 279 g/mol. The lowest BCUT2D eigenvalue weighted by molar-refractivity contribution is -0.135. The van der Waals surface area contributed by atoms with Crippen molar-refractivity contribution in [3.8, 4) is 0 Å². The van der Waals surface area contributed by atoms with Crippen LogP contribution in [0.25, 0.3) is 0 Å². The van der Waals surface area contributed by atoms with Crippen LogP contribution in [0.2, 0.25) is 0 Å². The Morgan fingerprint density at radius 3 is 2.74 bits per heavy atom. The van der Waals surface area contributed by atoms with Crippen molar-refractivity contribution in [1.29, 1.82) is 0 Å². The lowest BCUT2D eigenvalue weighted by atomic mass is 10.2. The Balaban J connectivity index is 2.39. The fourth-order valence-electron chi connectivity index (χ4n) is 1.50. The van der Waals surface area contributed by atoms with Gasteiger partial charge in [-0.15, -0.1) is 0 Å². The van der Waals surface area contributed by atoms with Gasteiger partial charge in [-0.1, -0.05) is 0 Å². The molecule has 0 aliphatic heterocycles. The van der Waals surface area contributed by atoms with E-state index in [4.69, 9.17) is 4.42 Å². The standard InChI is InChI=1S/C12H16F3NO3/c1-8(16-7-3-6-12(13,14)15)9-4-5-10(19-9)11(17)18-2/h4-5,8,16H,3,6-7H2,1-2H3. The average Bonchev–Trinajstić information content (AvgIpc) is 2.81. The first-order valence-corrected chi connectivity index (χ1v) is 5.81. The number of rotatable bonds is 6. The maximum absolute atomic E-state index is 11.9. The van der Waals surface area contributed by atoms with Crippen LogP contribution in [0, 0.1) is 0 Å². The number of halogens is 3. The maximum atomic E-state index is 11.9. The highest BCUT2D eigenvalue weighted by atomic mass is 19.4. The Labute approximate surface area is 108 Å². The quantitative estimate of drug-likeness (QED) is 0.642. The SMILES string of the molecule is COC(=O)c1ccc(C(C)NCCCC(F)(F)F)o1. The number of esters is 1. The second-order valence-corrected chi connectivity index (χ2v) is 4.09. The predicted molar refractivity (Wildman–Crippen MR) is 61.8 cm³/mol. The molecule has 0 aliphatic carbocycles. The van der Waals surface area contributed by atoms with Gasteiger partial charge in [0, 0.05) is 6.42 Å². The summed E-state index contributed by atoms with van der Waals surface area (Å²) in [7, 11) is 1.24. The van der Waals surface area contributed by atoms with Gasteiger partial charge in [0.05, 0.1) is 13.2 Å². The van der Waals surface area contributed by atoms with Crippen LogP contribution in [0.4, 0.5) is 13.2 Å². The number of carbonyl (C=O) groups is 1. The van der Waals surface area contributed by atoms with E-state index >= 15 is 0 Å². The molecule has 1 N–H and O–H groups in total. The number of methoxy groups -OCH3 is 1. The zero-order valence-electron chi connectivity index (χ0n) is 10.7. The number of hydrogen-bond donors (Lipinski definition) is 1. The van der Waals surface area contributed by atoms with Crippen molar-refractivity contribution in [2.45, 2.75) is 32.0 Å². The minimum atomic E-state index is -4.13. The third-order valence-corrected chi connectivity index (χ3v) is 2.53. The molecule has 0 saturated carbocycles. The summed E-state index contributed by atoms with van der Waals surface area (Å²) in [5.74, 6) is -0.0376. The van der Waals surface area contributed by atoms with E-state index in [1.54, 1.807) is 13.0 Å². The fourth-order valence-corrected chi connectivity index (χ4v) is 1.50. The largest absolute Gasteiger partial charge is 0.463 e. The third-order valence-electron chi connectivity index (χ3n) is 2.53. The first-order valence-electron chi connectivity index (χ1n) is 5.81. The molecule has 1 rings (SSSR count). The van der Waals surface area contributed by atoms with Gasteiger partial charge in [0.25, 0.3) is 0 Å². The van der Waals surface area contributed by atoms with Gasteiger partial charge < -0.3 is 14.5 Å². The van der Waals surface area contributed by atoms with Gasteiger partial charge in [-0.2, -0.15) is 13.2 Å². The highest BCUT2D eigenvalue weighted by Crippen LogP contribution is 2.21. The molecule has 0 saturated heterocycles. The number of ether oxygens (including phenoxy) is 1. The second-order valence-electron chi connectivity index (χ2n) is 4.09. The van der Waals surface area contributed by atoms with Crippen molar-refractivity contribution >= 4 is 5.97 Å². The van der Waals surface area contributed by atoms with E-state index in [1.807, 2.05) is 0 Å². The highest BCUT2D eigenvalue weighted by molar-refractivity contribution is 5.86. The molecule has 0 spiro atoms. The molecule has 1 unspecified atom stereocenters. The Hall–Kier alpha value is -1.50. The number of carbonyl (C=O) groups excluding carboxylic acids is 1. The summed E-state index contributed by atoms with van der Waals surface area (Å²) >= 11 is 0. The van der Waals surface area contributed by atoms with E-state index < -0.39 is 18.6 Å². The van der Waals surface area contributed by atoms with Gasteiger partial charge >= 0.3 is 12.1 Å². The number of nitrogens with one attached hydrogen (secondary N) is 1. The molecule has 1 aromatic rings. The van der Waals surface area contributed by atoms with Crippen LogP contribution >= 0.6 is 0 Å². The summed E-state index contributed by atoms with van der Waals surface area (Å²) in [5.41, 5.74) is 0. The van der Waals surface area contributed by atoms with Crippen LogP contribution < -0.4 is 5.32 Å². The molecule has 7 heteroatoms. The minimum absolute atomic E-state index is 0.00158. The fraction of sp³-hybridized carbons (Fsp3) is 0.583. The van der Waals surface area contributed by atoms with E-state index in [0.29, 0.717) is 5.76 Å². The molecule has 0 fully saturated rings. The minimum Gasteiger partial charge on any atom is -0.463 e. The van der Waals surface area contributed by atoms with Crippen LogP contribution in [0.5, 0.6) is 0 Å². The molecule has 4 nitrogen and oxygen atoms in total. The van der Waals surface area contributed by atoms with Crippen molar-refractivity contribution in [3.63, 3.8) is 0 Å². The summed E-state index contributed by atoms with van der Waals surface area (Å²) in [6.45, 7) is 1.96. The summed E-state index contributed by atoms with van der Waals surface area (Å²) in [6.07, 6.45) is -4.95. The van der Waals surface area contributed by atoms with Crippen molar-refractivity contribution in [2.24, 2.45) is 0 Å². The number of hydrogen-bond acceptors (Lipinski definition) is 4. The predicted octanol–water partition coefficient (Wildman–Crippen LogP) is 3.06. The zero-order valence-corrected chi connectivity index (χ0v) is 10.7. The van der Waals surface area contributed by atoms with Crippen molar-refractivity contribution in [2.75, 3.05) is 13.7 Å². The van der Waals surface area contributed by atoms with Crippen LogP contribution in [0.3, 0.4) is 0 Å². The Bertz CT molecular complexity index is 415. The Morgan fingerprint density at radius 1 is 1.47 bits per heavy atom. The smallest absolute Gasteiger partial charge is 0.389 e. The lowest BCUT2D eigenvalue weighted by Crippen LogP contribution is -2.21. The van der Waals surface area contributed by atoms with Gasteiger partial charge in [0.1, 0.15) is 5.76 Å². The summed E-state index contributed by atoms with van der Waals surface area (Å²) in [6, 6.07) is 2.79. The molecular formula is C12H16F3NO3. The molecule has 0 radical (unpaired) electrons. The number of alkyl halides is 3. The van der Waals surface area contributed by atoms with E-state index in [0.717, 1.165) is 0 Å². The summed E-state index contributed by atoms with van der Waals surface area (Å²) < 4.78 is 45.5. The van der Waals surface area contributed by atoms with Gasteiger partial charge in [-0.05, 0) is 32.0 Å². The van der Waals surface area contributed by atoms with Gasteiger partial charge in [0.15, 0.2) is 0 Å². The lowest BCUT2D eigenvalue weighted by Gasteiger charge is -2.12. The van der Waals surface area contributed by atoms with Crippen LogP contribution in [0.15, 0.2) is 16.5 Å². The van der Waals surface area contributed by atoms with E-state index in [2.05, 4.69) is 10.1 Å². The molecule has 19 heavy (non-hydrogen) atoms. The van der Waals surface area contributed by atoms with Crippen LogP contribution in [-0.4, -0.2) is 25.8 Å². The molecular weight excluding hydrogens is 263 g/mol. The average molecular weight is 279 g/mol. The van der Waals surface area contributed by atoms with Gasteiger partial charge in [-0.25, -0.2) is 4.79 Å². The summed E-state index contributed by atoms with van der Waals surface area (Å²) in [5, 5.41) is 2.90. The van der Waals surface area contributed by atoms with E-state index in [-0.39, 0.29) is 24.8 Å². The topological polar surface area (TPSA) is 51.5 Å². The second kappa shape index (κ2) is 6.60. The Kier molecular flexibility index (Phi) is 5.41. The third kappa shape index (κ3) is 5.34. The first-order chi connectivity index (χ1) is 8.83. The van der Waals surface area contributed by atoms with Crippen LogP contribution in [-0.2, 0) is 4.74 Å². The number of furan rings is 1. The molecule has 1 aromatic heterocycles. The molecule has 108 valence electrons. The molecule has 1 heterocycles. The van der Waals surface area contributed by atoms with Crippen molar-refractivity contribution in [1.82, 2.24) is 5.32 Å². The van der Waals surface area contributed by atoms with Gasteiger partial charge in [0.2, 0.25) is 5.76 Å². The molecule has 0 bridgehead atoms.